The molecule has 2 aromatic heterocycles. The number of hydrogen-bond donors (Lipinski definition) is 0. The lowest BCUT2D eigenvalue weighted by Gasteiger charge is -2.39. The van der Waals surface area contributed by atoms with E-state index in [1.54, 1.807) is 10.9 Å². The predicted octanol–water partition coefficient (Wildman–Crippen LogP) is 2.75. The normalized spacial score (nSPS) is 19.5. The molecule has 30 heavy (non-hydrogen) atoms. The summed E-state index contributed by atoms with van der Waals surface area (Å²) >= 11 is 0. The predicted molar refractivity (Wildman–Crippen MR) is 118 cm³/mol. The SMILES string of the molecule is CCCCn1cnc2c1c(=O)n(CC(=O)N1C(C)CCCC1C)c(=O)n2CCCC. The molecule has 3 heterocycles. The summed E-state index contributed by atoms with van der Waals surface area (Å²) in [6.45, 7) is 9.17. The number of nitrogens with zero attached hydrogens (tertiary/aromatic N) is 5. The van der Waals surface area contributed by atoms with E-state index in [-0.39, 0.29) is 24.5 Å². The molecular formula is C22H35N5O3. The molecule has 0 spiro atoms. The van der Waals surface area contributed by atoms with Gasteiger partial charge in [0.05, 0.1) is 6.33 Å². The van der Waals surface area contributed by atoms with Crippen LogP contribution in [0.4, 0.5) is 0 Å². The van der Waals surface area contributed by atoms with Gasteiger partial charge in [0, 0.05) is 25.2 Å². The number of likely N-dealkylation sites (tertiary alicyclic amines) is 1. The van der Waals surface area contributed by atoms with Crippen molar-refractivity contribution in [2.45, 2.75) is 104 Å². The molecule has 8 heteroatoms. The Kier molecular flexibility index (Phi) is 7.15. The second kappa shape index (κ2) is 9.62. The van der Waals surface area contributed by atoms with Crippen molar-refractivity contribution in [3.05, 3.63) is 27.2 Å². The highest BCUT2D eigenvalue weighted by Crippen LogP contribution is 2.22. The first-order valence-corrected chi connectivity index (χ1v) is 11.4. The van der Waals surface area contributed by atoms with Crippen molar-refractivity contribution in [3.8, 4) is 0 Å². The minimum absolute atomic E-state index is 0.123. The third-order valence-electron chi connectivity index (χ3n) is 6.25. The number of carbonyl (C=O) groups excluding carboxylic acids is 1. The average Bonchev–Trinajstić information content (AvgIpc) is 3.13. The minimum atomic E-state index is -0.438. The van der Waals surface area contributed by atoms with E-state index in [0.717, 1.165) is 49.5 Å². The van der Waals surface area contributed by atoms with Crippen LogP contribution >= 0.6 is 0 Å². The lowest BCUT2D eigenvalue weighted by Crippen LogP contribution is -2.51. The zero-order chi connectivity index (χ0) is 21.8. The van der Waals surface area contributed by atoms with Crippen LogP contribution in [0.1, 0.15) is 72.6 Å². The molecule has 0 saturated carbocycles. The molecule has 2 aromatic rings. The molecule has 2 unspecified atom stereocenters. The Hall–Kier alpha value is -2.38. The maximum atomic E-state index is 13.3. The van der Waals surface area contributed by atoms with Gasteiger partial charge in [0.25, 0.3) is 5.56 Å². The standard InChI is InChI=1S/C22H35N5O3/c1-5-7-12-24-15-23-20-19(24)21(29)26(22(30)25(20)13-8-6-2)14-18(28)27-16(3)10-9-11-17(27)4/h15-17H,5-14H2,1-4H3. The number of amides is 1. The number of carbonyl (C=O) groups is 1. The topological polar surface area (TPSA) is 82.1 Å². The quantitative estimate of drug-likeness (QED) is 0.661. The van der Waals surface area contributed by atoms with Gasteiger partial charge in [-0.15, -0.1) is 0 Å². The van der Waals surface area contributed by atoms with Crippen LogP contribution in [0.5, 0.6) is 0 Å². The van der Waals surface area contributed by atoms with Crippen LogP contribution in [-0.4, -0.2) is 41.6 Å². The van der Waals surface area contributed by atoms with E-state index in [0.29, 0.717) is 24.3 Å². The van der Waals surface area contributed by atoms with Crippen LogP contribution in [0.15, 0.2) is 15.9 Å². The van der Waals surface area contributed by atoms with E-state index < -0.39 is 11.2 Å². The Morgan fingerprint density at radius 3 is 2.30 bits per heavy atom. The van der Waals surface area contributed by atoms with Crippen LogP contribution in [0.25, 0.3) is 11.2 Å². The van der Waals surface area contributed by atoms with Gasteiger partial charge in [0.2, 0.25) is 5.91 Å². The Morgan fingerprint density at radius 2 is 1.67 bits per heavy atom. The summed E-state index contributed by atoms with van der Waals surface area (Å²) in [5.74, 6) is -0.157. The first-order valence-electron chi connectivity index (χ1n) is 11.4. The fraction of sp³-hybridized carbons (Fsp3) is 0.727. The molecule has 1 aliphatic rings. The summed E-state index contributed by atoms with van der Waals surface area (Å²) in [5, 5.41) is 0. The smallest absolute Gasteiger partial charge is 0.333 e. The van der Waals surface area contributed by atoms with Gasteiger partial charge in [-0.3, -0.25) is 14.2 Å². The van der Waals surface area contributed by atoms with Gasteiger partial charge in [-0.05, 0) is 46.0 Å². The summed E-state index contributed by atoms with van der Waals surface area (Å²) < 4.78 is 4.52. The fourth-order valence-electron chi connectivity index (χ4n) is 4.52. The van der Waals surface area contributed by atoms with Crippen LogP contribution < -0.4 is 11.2 Å². The van der Waals surface area contributed by atoms with E-state index >= 15 is 0 Å². The maximum absolute atomic E-state index is 13.3. The number of aromatic nitrogens is 4. The van der Waals surface area contributed by atoms with Crippen LogP contribution in [0, 0.1) is 0 Å². The summed E-state index contributed by atoms with van der Waals surface area (Å²) in [4.78, 5) is 45.9. The van der Waals surface area contributed by atoms with E-state index in [4.69, 9.17) is 0 Å². The highest BCUT2D eigenvalue weighted by atomic mass is 16.2. The third kappa shape index (κ3) is 4.23. The molecule has 1 saturated heterocycles. The molecule has 0 N–H and O–H groups in total. The van der Waals surface area contributed by atoms with Gasteiger partial charge in [0.1, 0.15) is 6.54 Å². The average molecular weight is 418 g/mol. The summed E-state index contributed by atoms with van der Waals surface area (Å²) in [7, 11) is 0. The van der Waals surface area contributed by atoms with Gasteiger partial charge in [-0.2, -0.15) is 0 Å². The molecule has 8 nitrogen and oxygen atoms in total. The molecule has 166 valence electrons. The van der Waals surface area contributed by atoms with Crippen molar-refractivity contribution in [3.63, 3.8) is 0 Å². The van der Waals surface area contributed by atoms with Gasteiger partial charge >= 0.3 is 5.69 Å². The summed E-state index contributed by atoms with van der Waals surface area (Å²) in [6, 6.07) is 0.246. The molecule has 3 rings (SSSR count). The molecule has 1 fully saturated rings. The van der Waals surface area contributed by atoms with E-state index in [1.165, 1.54) is 0 Å². The number of fused-ring (bicyclic) bond motifs is 1. The summed E-state index contributed by atoms with van der Waals surface area (Å²) in [5.41, 5.74) is -0.000899. The van der Waals surface area contributed by atoms with Crippen molar-refractivity contribution in [1.29, 1.82) is 0 Å². The molecule has 0 radical (unpaired) electrons. The van der Waals surface area contributed by atoms with Crippen molar-refractivity contribution in [2.75, 3.05) is 0 Å². The van der Waals surface area contributed by atoms with Crippen molar-refractivity contribution in [1.82, 2.24) is 23.6 Å². The van der Waals surface area contributed by atoms with Crippen molar-refractivity contribution >= 4 is 17.1 Å². The number of hydrogen-bond acceptors (Lipinski definition) is 4. The van der Waals surface area contributed by atoms with Crippen LogP contribution in [-0.2, 0) is 24.4 Å². The Bertz CT molecular complexity index is 993. The van der Waals surface area contributed by atoms with Crippen molar-refractivity contribution < 1.29 is 4.79 Å². The van der Waals surface area contributed by atoms with Crippen molar-refractivity contribution in [2.24, 2.45) is 0 Å². The monoisotopic (exact) mass is 417 g/mol. The zero-order valence-electron chi connectivity index (χ0n) is 18.8. The number of unbranched alkanes of at least 4 members (excludes halogenated alkanes) is 2. The maximum Gasteiger partial charge on any atom is 0.333 e. The molecule has 1 aliphatic heterocycles. The van der Waals surface area contributed by atoms with Gasteiger partial charge < -0.3 is 9.47 Å². The molecule has 0 aromatic carbocycles. The van der Waals surface area contributed by atoms with E-state index in [1.807, 2.05) is 23.3 Å². The number of piperidine rings is 1. The Labute approximate surface area is 177 Å². The molecule has 0 bridgehead atoms. The number of aryl methyl sites for hydroxylation is 2. The van der Waals surface area contributed by atoms with E-state index in [9.17, 15) is 14.4 Å². The first kappa shape index (κ1) is 22.3. The Balaban J connectivity index is 2.07. The second-order valence-corrected chi connectivity index (χ2v) is 8.57. The van der Waals surface area contributed by atoms with Gasteiger partial charge in [-0.25, -0.2) is 14.3 Å². The molecule has 0 aliphatic carbocycles. The third-order valence-corrected chi connectivity index (χ3v) is 6.25. The minimum Gasteiger partial charge on any atom is -0.336 e. The highest BCUT2D eigenvalue weighted by Gasteiger charge is 2.30. The van der Waals surface area contributed by atoms with Gasteiger partial charge in [-0.1, -0.05) is 26.7 Å². The van der Waals surface area contributed by atoms with E-state index in [2.05, 4.69) is 18.8 Å². The first-order chi connectivity index (χ1) is 14.4. The number of rotatable bonds is 8. The largest absolute Gasteiger partial charge is 0.336 e. The molecule has 1 amide bonds. The number of imidazole rings is 1. The molecule has 2 atom stereocenters. The fourth-order valence-corrected chi connectivity index (χ4v) is 4.52. The summed E-state index contributed by atoms with van der Waals surface area (Å²) in [6.07, 6.45) is 8.29. The van der Waals surface area contributed by atoms with Gasteiger partial charge in [0.15, 0.2) is 11.2 Å². The lowest BCUT2D eigenvalue weighted by atomic mass is 9.97. The lowest BCUT2D eigenvalue weighted by molar-refractivity contribution is -0.138. The Morgan fingerprint density at radius 1 is 1.03 bits per heavy atom. The van der Waals surface area contributed by atoms with Crippen LogP contribution in [0.2, 0.25) is 0 Å². The zero-order valence-corrected chi connectivity index (χ0v) is 18.8. The second-order valence-electron chi connectivity index (χ2n) is 8.57. The molecular weight excluding hydrogens is 382 g/mol. The van der Waals surface area contributed by atoms with Crippen LogP contribution in [0.3, 0.4) is 0 Å². The highest BCUT2D eigenvalue weighted by molar-refractivity contribution is 5.77.